The van der Waals surface area contributed by atoms with Gasteiger partial charge in [-0.15, -0.1) is 0 Å². The maximum absolute atomic E-state index is 14.2. The van der Waals surface area contributed by atoms with Crippen LogP contribution in [-0.4, -0.2) is 120 Å². The first-order chi connectivity index (χ1) is 21.3. The summed E-state index contributed by atoms with van der Waals surface area (Å²) < 4.78 is 11.5. The fraction of sp³-hybridized carbons (Fsp3) is 0.848. The largest absolute Gasteiger partial charge is 0.481 e. The Kier molecular flexibility index (Phi) is 13.2. The lowest BCUT2D eigenvalue weighted by molar-refractivity contribution is -0.152. The highest BCUT2D eigenvalue weighted by Gasteiger charge is 2.50. The zero-order valence-electron chi connectivity index (χ0n) is 28.4. The van der Waals surface area contributed by atoms with Gasteiger partial charge in [0.15, 0.2) is 0 Å². The number of likely N-dealkylation sites (tertiary alicyclic amines) is 2. The van der Waals surface area contributed by atoms with Gasteiger partial charge >= 0.3 is 5.97 Å². The van der Waals surface area contributed by atoms with Crippen molar-refractivity contribution in [1.82, 2.24) is 20.0 Å². The molecule has 2 saturated heterocycles. The minimum atomic E-state index is -0.974. The van der Waals surface area contributed by atoms with Gasteiger partial charge in [0, 0.05) is 33.9 Å². The van der Waals surface area contributed by atoms with E-state index < -0.39 is 42.2 Å². The Hall–Kier alpha value is -2.75. The molecule has 0 spiro atoms. The number of hydrogen-bond donors (Lipinski definition) is 2. The highest BCUT2D eigenvalue weighted by molar-refractivity contribution is 5.90. The van der Waals surface area contributed by atoms with Gasteiger partial charge in [-0.05, 0) is 56.8 Å². The molecule has 0 aromatic carbocycles. The SMILES string of the molecule is CC[C@H](C)[C@@H]([C@@H](CC(=O)N1CCCC1[C@H](OC)[C@@H](C)C(=O)O)OC)N(C)C(=O)C(NC(=O)[C@@H]1[C@H]2CC[C@H](C2)N1CC#N)C(C)C. The van der Waals surface area contributed by atoms with Gasteiger partial charge in [-0.1, -0.05) is 34.1 Å². The van der Waals surface area contributed by atoms with E-state index >= 15 is 0 Å². The van der Waals surface area contributed by atoms with Gasteiger partial charge in [-0.25, -0.2) is 0 Å². The van der Waals surface area contributed by atoms with Gasteiger partial charge in [0.2, 0.25) is 17.7 Å². The van der Waals surface area contributed by atoms with Gasteiger partial charge in [0.05, 0.1) is 55.3 Å². The number of nitrogens with one attached hydrogen (secondary N) is 1. The molecule has 3 amide bonds. The molecule has 3 fully saturated rings. The lowest BCUT2D eigenvalue weighted by atomic mass is 9.89. The van der Waals surface area contributed by atoms with E-state index in [0.29, 0.717) is 13.0 Å². The van der Waals surface area contributed by atoms with E-state index in [2.05, 4.69) is 11.4 Å². The highest BCUT2D eigenvalue weighted by atomic mass is 16.5. The number of nitriles is 1. The van der Waals surface area contributed by atoms with Crippen molar-refractivity contribution in [3.63, 3.8) is 0 Å². The van der Waals surface area contributed by atoms with Gasteiger partial charge in [-0.3, -0.25) is 24.1 Å². The molecule has 10 atom stereocenters. The number of rotatable bonds is 16. The number of methoxy groups -OCH3 is 2. The van der Waals surface area contributed by atoms with Crippen LogP contribution in [0.4, 0.5) is 0 Å². The van der Waals surface area contributed by atoms with Crippen molar-refractivity contribution in [3.8, 4) is 6.07 Å². The van der Waals surface area contributed by atoms with Crippen molar-refractivity contribution < 1.29 is 33.8 Å². The summed E-state index contributed by atoms with van der Waals surface area (Å²) in [6.45, 7) is 10.1. The molecule has 3 aliphatic rings. The summed E-state index contributed by atoms with van der Waals surface area (Å²) >= 11 is 0. The summed E-state index contributed by atoms with van der Waals surface area (Å²) in [7, 11) is 4.73. The van der Waals surface area contributed by atoms with Crippen LogP contribution in [0.3, 0.4) is 0 Å². The van der Waals surface area contributed by atoms with Crippen LogP contribution in [0.2, 0.25) is 0 Å². The number of carbonyl (C=O) groups excluding carboxylic acids is 3. The number of hydrogen-bond acceptors (Lipinski definition) is 8. The Morgan fingerprint density at radius 2 is 1.78 bits per heavy atom. The molecule has 254 valence electrons. The molecule has 45 heavy (non-hydrogen) atoms. The molecule has 1 aliphatic carbocycles. The predicted octanol–water partition coefficient (Wildman–Crippen LogP) is 2.51. The first-order valence-electron chi connectivity index (χ1n) is 16.6. The molecule has 0 radical (unpaired) electrons. The lowest BCUT2D eigenvalue weighted by Gasteiger charge is -2.41. The zero-order valence-corrected chi connectivity index (χ0v) is 28.4. The summed E-state index contributed by atoms with van der Waals surface area (Å²) in [5.74, 6) is -2.41. The second-order valence-electron chi connectivity index (χ2n) is 13.7. The van der Waals surface area contributed by atoms with Crippen molar-refractivity contribution in [2.75, 3.05) is 34.4 Å². The quantitative estimate of drug-likeness (QED) is 0.244. The number of ether oxygens (including phenoxy) is 2. The molecular weight excluding hydrogens is 578 g/mol. The number of likely N-dealkylation sites (N-methyl/N-ethyl adjacent to an activating group) is 1. The van der Waals surface area contributed by atoms with E-state index in [1.165, 1.54) is 14.2 Å². The van der Waals surface area contributed by atoms with E-state index in [1.807, 2.05) is 32.6 Å². The minimum absolute atomic E-state index is 0.0183. The Morgan fingerprint density at radius 1 is 1.09 bits per heavy atom. The molecule has 0 aromatic heterocycles. The Morgan fingerprint density at radius 3 is 2.33 bits per heavy atom. The van der Waals surface area contributed by atoms with Crippen LogP contribution in [0.15, 0.2) is 0 Å². The van der Waals surface area contributed by atoms with Crippen molar-refractivity contribution >= 4 is 23.7 Å². The summed E-state index contributed by atoms with van der Waals surface area (Å²) in [5, 5.41) is 22.0. The lowest BCUT2D eigenvalue weighted by Crippen LogP contribution is -2.60. The fourth-order valence-electron chi connectivity index (χ4n) is 8.02. The van der Waals surface area contributed by atoms with E-state index in [-0.39, 0.29) is 60.5 Å². The first kappa shape index (κ1) is 36.7. The predicted molar refractivity (Wildman–Crippen MR) is 168 cm³/mol. The third kappa shape index (κ3) is 7.98. The molecule has 12 heteroatoms. The standard InChI is InChI=1S/C33H55N5O7/c1-9-20(4)28(25(44-7)18-26(39)38-15-10-11-24(38)30(45-8)21(5)33(42)43)36(6)32(41)27(19(2)3)35-31(40)29-22-12-13-23(17-22)37(29)16-14-34/h19-25,27-30H,9-13,15-18H2,1-8H3,(H,35,40)(H,42,43)/t20-,21+,22-,23+,24?,25+,27?,28-,29-,30+/m0/s1. The molecule has 2 aliphatic heterocycles. The second kappa shape index (κ2) is 16.2. The molecule has 3 rings (SSSR count). The summed E-state index contributed by atoms with van der Waals surface area (Å²) in [6, 6.07) is 0.423. The van der Waals surface area contributed by atoms with Crippen molar-refractivity contribution in [1.29, 1.82) is 5.26 Å². The van der Waals surface area contributed by atoms with Crippen LogP contribution >= 0.6 is 0 Å². The van der Waals surface area contributed by atoms with Crippen LogP contribution in [0.1, 0.15) is 79.6 Å². The number of aliphatic carboxylic acids is 1. The molecule has 1 saturated carbocycles. The second-order valence-corrected chi connectivity index (χ2v) is 13.7. The topological polar surface area (TPSA) is 153 Å². The summed E-state index contributed by atoms with van der Waals surface area (Å²) in [6.07, 6.45) is 3.72. The third-order valence-electron chi connectivity index (χ3n) is 10.7. The van der Waals surface area contributed by atoms with Gasteiger partial charge in [0.1, 0.15) is 6.04 Å². The average Bonchev–Trinajstić information content (AvgIpc) is 3.76. The normalized spacial score (nSPS) is 27.0. The molecular formula is C33H55N5O7. The van der Waals surface area contributed by atoms with Crippen molar-refractivity contribution in [3.05, 3.63) is 0 Å². The Bertz CT molecular complexity index is 1100. The smallest absolute Gasteiger partial charge is 0.308 e. The maximum atomic E-state index is 14.2. The number of carboxylic acid groups (broad SMARTS) is 1. The van der Waals surface area contributed by atoms with E-state index in [1.54, 1.807) is 23.8 Å². The zero-order chi connectivity index (χ0) is 33.6. The number of carbonyl (C=O) groups is 4. The average molecular weight is 634 g/mol. The van der Waals surface area contributed by atoms with Crippen LogP contribution in [0.5, 0.6) is 0 Å². The molecule has 2 unspecified atom stereocenters. The summed E-state index contributed by atoms with van der Waals surface area (Å²) in [5.41, 5.74) is 0. The number of carboxylic acids is 1. The molecule has 0 aromatic rings. The van der Waals surface area contributed by atoms with Crippen LogP contribution in [0, 0.1) is 35.0 Å². The Labute approximate surface area is 268 Å². The van der Waals surface area contributed by atoms with Crippen molar-refractivity contribution in [2.45, 2.75) is 122 Å². The highest BCUT2D eigenvalue weighted by Crippen LogP contribution is 2.42. The number of fused-ring (bicyclic) bond motifs is 2. The Balaban J connectivity index is 1.79. The first-order valence-corrected chi connectivity index (χ1v) is 16.6. The van der Waals surface area contributed by atoms with Crippen molar-refractivity contribution in [2.24, 2.45) is 23.7 Å². The van der Waals surface area contributed by atoms with Gasteiger partial charge in [0.25, 0.3) is 0 Å². The number of piperidine rings is 1. The van der Waals surface area contributed by atoms with Gasteiger partial charge in [-0.2, -0.15) is 5.26 Å². The van der Waals surface area contributed by atoms with E-state index in [0.717, 1.165) is 32.1 Å². The monoisotopic (exact) mass is 633 g/mol. The van der Waals surface area contributed by atoms with E-state index in [9.17, 15) is 29.5 Å². The molecule has 2 N–H and O–H groups in total. The van der Waals surface area contributed by atoms with Crippen LogP contribution in [-0.2, 0) is 28.7 Å². The molecule has 12 nitrogen and oxygen atoms in total. The fourth-order valence-corrected chi connectivity index (χ4v) is 8.02. The summed E-state index contributed by atoms with van der Waals surface area (Å²) in [4.78, 5) is 58.7. The number of amides is 3. The van der Waals surface area contributed by atoms with Crippen LogP contribution in [0.25, 0.3) is 0 Å². The maximum Gasteiger partial charge on any atom is 0.308 e. The third-order valence-corrected chi connectivity index (χ3v) is 10.7. The van der Waals surface area contributed by atoms with Gasteiger partial charge < -0.3 is 29.7 Å². The van der Waals surface area contributed by atoms with Crippen LogP contribution < -0.4 is 5.32 Å². The number of nitrogens with zero attached hydrogens (tertiary/aromatic N) is 4. The molecule has 2 heterocycles. The minimum Gasteiger partial charge on any atom is -0.481 e. The van der Waals surface area contributed by atoms with E-state index in [4.69, 9.17) is 9.47 Å². The molecule has 2 bridgehead atoms.